The Kier molecular flexibility index (Phi) is 5.97. The predicted octanol–water partition coefficient (Wildman–Crippen LogP) is 5.24. The number of anilines is 3. The summed E-state index contributed by atoms with van der Waals surface area (Å²) in [4.78, 5) is 13.2. The fourth-order valence-corrected chi connectivity index (χ4v) is 2.74. The topological polar surface area (TPSA) is 62.7 Å². The first-order chi connectivity index (χ1) is 12.5. The molecule has 1 aromatic carbocycles. The van der Waals surface area contributed by atoms with E-state index in [0.29, 0.717) is 23.1 Å². The summed E-state index contributed by atoms with van der Waals surface area (Å²) in [6.07, 6.45) is 4.39. The molecule has 3 rings (SSSR count). The molecule has 0 saturated carbocycles. The van der Waals surface area contributed by atoms with E-state index >= 15 is 0 Å². The highest BCUT2D eigenvalue weighted by atomic mass is 127. The van der Waals surface area contributed by atoms with Crippen molar-refractivity contribution in [1.82, 2.24) is 15.0 Å². The second-order valence-electron chi connectivity index (χ2n) is 5.91. The van der Waals surface area contributed by atoms with E-state index in [2.05, 4.69) is 62.0 Å². The third-order valence-electron chi connectivity index (χ3n) is 3.87. The van der Waals surface area contributed by atoms with Crippen LogP contribution in [0, 0.1) is 9.39 Å². The quantitative estimate of drug-likeness (QED) is 0.490. The number of benzene rings is 1. The van der Waals surface area contributed by atoms with Gasteiger partial charge in [-0.3, -0.25) is 4.98 Å². The molecule has 1 atom stereocenters. The molecule has 3 aromatic rings. The van der Waals surface area contributed by atoms with E-state index in [4.69, 9.17) is 0 Å². The lowest BCUT2D eigenvalue weighted by Crippen LogP contribution is -2.16. The monoisotopic (exact) mass is 463 g/mol. The van der Waals surface area contributed by atoms with E-state index in [1.807, 2.05) is 18.2 Å². The van der Waals surface area contributed by atoms with Crippen LogP contribution in [-0.4, -0.2) is 21.0 Å². The fourth-order valence-electron chi connectivity index (χ4n) is 2.29. The zero-order valence-electron chi connectivity index (χ0n) is 14.5. The minimum atomic E-state index is -0.324. The van der Waals surface area contributed by atoms with Gasteiger partial charge in [-0.05, 0) is 66.3 Å². The lowest BCUT2D eigenvalue weighted by molar-refractivity contribution is 0.631. The van der Waals surface area contributed by atoms with Gasteiger partial charge in [-0.1, -0.05) is 6.92 Å². The lowest BCUT2D eigenvalue weighted by Gasteiger charge is -2.15. The first-order valence-electron chi connectivity index (χ1n) is 8.33. The third-order valence-corrected chi connectivity index (χ3v) is 4.54. The summed E-state index contributed by atoms with van der Waals surface area (Å²) in [5.41, 5.74) is 1.95. The Hall–Kier alpha value is -2.29. The lowest BCUT2D eigenvalue weighted by atomic mass is 10.2. The molecule has 0 bridgehead atoms. The molecule has 2 N–H and O–H groups in total. The van der Waals surface area contributed by atoms with E-state index in [0.717, 1.165) is 15.6 Å². The van der Waals surface area contributed by atoms with E-state index in [9.17, 15) is 4.39 Å². The Morgan fingerprint density at radius 1 is 1.19 bits per heavy atom. The molecule has 0 unspecified atom stereocenters. The molecule has 2 aromatic heterocycles. The third kappa shape index (κ3) is 4.66. The van der Waals surface area contributed by atoms with Crippen molar-refractivity contribution in [3.63, 3.8) is 0 Å². The smallest absolute Gasteiger partial charge is 0.225 e. The molecule has 2 heterocycles. The molecule has 0 radical (unpaired) electrons. The molecule has 0 aliphatic rings. The van der Waals surface area contributed by atoms with E-state index in [-0.39, 0.29) is 11.9 Å². The Bertz CT molecular complexity index is 888. The standard InChI is InChI=1S/C19H19FIN5/c1-3-12(2)23-19-25-17(13-5-4-8-22-11-13)10-18(26-19)24-16-7-6-14(21)9-15(16)20/h4-12H,3H2,1-2H3,(H2,23,24,25,26)/t12-/m1/s1. The highest BCUT2D eigenvalue weighted by molar-refractivity contribution is 14.1. The Morgan fingerprint density at radius 3 is 2.73 bits per heavy atom. The molecule has 26 heavy (non-hydrogen) atoms. The van der Waals surface area contributed by atoms with Crippen molar-refractivity contribution in [3.8, 4) is 11.3 Å². The van der Waals surface area contributed by atoms with Crippen LogP contribution in [0.1, 0.15) is 20.3 Å². The zero-order chi connectivity index (χ0) is 18.5. The summed E-state index contributed by atoms with van der Waals surface area (Å²) in [6, 6.07) is 10.8. The van der Waals surface area contributed by atoms with Crippen molar-refractivity contribution in [2.24, 2.45) is 0 Å². The Labute approximate surface area is 165 Å². The van der Waals surface area contributed by atoms with Crippen LogP contribution in [0.15, 0.2) is 48.8 Å². The average molecular weight is 463 g/mol. The molecule has 0 amide bonds. The van der Waals surface area contributed by atoms with Gasteiger partial charge in [-0.15, -0.1) is 0 Å². The normalized spacial score (nSPS) is 11.8. The molecule has 0 aliphatic heterocycles. The fraction of sp³-hybridized carbons (Fsp3) is 0.211. The summed E-state index contributed by atoms with van der Waals surface area (Å²) in [5.74, 6) is 0.689. The van der Waals surface area contributed by atoms with Crippen molar-refractivity contribution in [2.45, 2.75) is 26.3 Å². The van der Waals surface area contributed by atoms with Crippen LogP contribution in [0.2, 0.25) is 0 Å². The minimum Gasteiger partial charge on any atom is -0.352 e. The zero-order valence-corrected chi connectivity index (χ0v) is 16.7. The number of halogens is 2. The van der Waals surface area contributed by atoms with E-state index in [1.165, 1.54) is 6.07 Å². The van der Waals surface area contributed by atoms with Crippen LogP contribution in [-0.2, 0) is 0 Å². The van der Waals surface area contributed by atoms with Gasteiger partial charge in [0.05, 0.1) is 11.4 Å². The van der Waals surface area contributed by atoms with Crippen molar-refractivity contribution in [1.29, 1.82) is 0 Å². The molecule has 0 aliphatic carbocycles. The summed E-state index contributed by atoms with van der Waals surface area (Å²) in [7, 11) is 0. The van der Waals surface area contributed by atoms with Gasteiger partial charge >= 0.3 is 0 Å². The van der Waals surface area contributed by atoms with Crippen LogP contribution >= 0.6 is 22.6 Å². The molecule has 134 valence electrons. The molecular formula is C19H19FIN5. The number of rotatable bonds is 6. The molecule has 5 nitrogen and oxygen atoms in total. The summed E-state index contributed by atoms with van der Waals surface area (Å²) in [5, 5.41) is 6.33. The van der Waals surface area contributed by atoms with Crippen molar-refractivity contribution >= 4 is 40.0 Å². The van der Waals surface area contributed by atoms with Crippen LogP contribution in [0.25, 0.3) is 11.3 Å². The highest BCUT2D eigenvalue weighted by Crippen LogP contribution is 2.25. The number of hydrogen-bond donors (Lipinski definition) is 2. The maximum atomic E-state index is 14.2. The van der Waals surface area contributed by atoms with Crippen molar-refractivity contribution in [3.05, 3.63) is 58.2 Å². The van der Waals surface area contributed by atoms with E-state index < -0.39 is 0 Å². The van der Waals surface area contributed by atoms with Gasteiger partial charge in [0, 0.05) is 33.6 Å². The van der Waals surface area contributed by atoms with Gasteiger partial charge in [-0.25, -0.2) is 9.37 Å². The SMILES string of the molecule is CC[C@@H](C)Nc1nc(Nc2ccc(I)cc2F)cc(-c2cccnc2)n1. The maximum absolute atomic E-state index is 14.2. The molecule has 0 fully saturated rings. The largest absolute Gasteiger partial charge is 0.352 e. The second kappa shape index (κ2) is 8.39. The van der Waals surface area contributed by atoms with Crippen molar-refractivity contribution < 1.29 is 4.39 Å². The predicted molar refractivity (Wildman–Crippen MR) is 111 cm³/mol. The maximum Gasteiger partial charge on any atom is 0.225 e. The molecular weight excluding hydrogens is 444 g/mol. The highest BCUT2D eigenvalue weighted by Gasteiger charge is 2.11. The molecule has 0 spiro atoms. The summed E-state index contributed by atoms with van der Waals surface area (Å²) in [6.45, 7) is 4.15. The first kappa shape index (κ1) is 18.5. The number of aromatic nitrogens is 3. The summed E-state index contributed by atoms with van der Waals surface area (Å²) >= 11 is 2.08. The average Bonchev–Trinajstić information content (AvgIpc) is 2.64. The summed E-state index contributed by atoms with van der Waals surface area (Å²) < 4.78 is 15.0. The molecule has 7 heteroatoms. The van der Waals surface area contributed by atoms with Gasteiger partial charge in [0.2, 0.25) is 5.95 Å². The van der Waals surface area contributed by atoms with Gasteiger partial charge in [0.25, 0.3) is 0 Å². The van der Waals surface area contributed by atoms with Gasteiger partial charge in [0.15, 0.2) is 0 Å². The van der Waals surface area contributed by atoms with Gasteiger partial charge in [0.1, 0.15) is 11.6 Å². The number of nitrogens with zero attached hydrogens (tertiary/aromatic N) is 3. The number of hydrogen-bond acceptors (Lipinski definition) is 5. The number of pyridine rings is 1. The van der Waals surface area contributed by atoms with Crippen LogP contribution in [0.5, 0.6) is 0 Å². The van der Waals surface area contributed by atoms with Crippen molar-refractivity contribution in [2.75, 3.05) is 10.6 Å². The Morgan fingerprint density at radius 2 is 2.04 bits per heavy atom. The van der Waals surface area contributed by atoms with Gasteiger partial charge < -0.3 is 10.6 Å². The molecule has 0 saturated heterocycles. The minimum absolute atomic E-state index is 0.224. The van der Waals surface area contributed by atoms with E-state index in [1.54, 1.807) is 24.5 Å². The van der Waals surface area contributed by atoms with Crippen LogP contribution in [0.3, 0.4) is 0 Å². The van der Waals surface area contributed by atoms with Gasteiger partial charge in [-0.2, -0.15) is 4.98 Å². The number of nitrogens with one attached hydrogen (secondary N) is 2. The van der Waals surface area contributed by atoms with Crippen LogP contribution < -0.4 is 10.6 Å². The van der Waals surface area contributed by atoms with Crippen LogP contribution in [0.4, 0.5) is 21.8 Å². The first-order valence-corrected chi connectivity index (χ1v) is 9.41. The Balaban J connectivity index is 1.98. The second-order valence-corrected chi connectivity index (χ2v) is 7.15.